The number of ether oxygens (including phenoxy) is 1. The number of ketones is 1. The van der Waals surface area contributed by atoms with Gasteiger partial charge in [-0.3, -0.25) is 4.79 Å². The Morgan fingerprint density at radius 2 is 1.72 bits per heavy atom. The van der Waals surface area contributed by atoms with Gasteiger partial charge in [-0.05, 0) is 30.5 Å². The Bertz CT molecular complexity index is 788. The van der Waals surface area contributed by atoms with E-state index in [1.54, 1.807) is 31.2 Å². The van der Waals surface area contributed by atoms with Crippen LogP contribution >= 0.6 is 0 Å². The molecule has 0 aromatic heterocycles. The Labute approximate surface area is 148 Å². The zero-order valence-corrected chi connectivity index (χ0v) is 14.6. The van der Waals surface area contributed by atoms with Gasteiger partial charge in [0.05, 0.1) is 0 Å². The average molecular weight is 334 g/mol. The minimum atomic E-state index is -0.411. The molecule has 2 rings (SSSR count). The molecule has 0 fully saturated rings. The van der Waals surface area contributed by atoms with Crippen LogP contribution in [0.1, 0.15) is 47.9 Å². The monoisotopic (exact) mass is 334 g/mol. The van der Waals surface area contributed by atoms with Crippen molar-refractivity contribution in [3.63, 3.8) is 0 Å². The highest BCUT2D eigenvalue weighted by Crippen LogP contribution is 2.26. The fourth-order valence-corrected chi connectivity index (χ4v) is 2.42. The van der Waals surface area contributed by atoms with E-state index in [1.807, 2.05) is 49.4 Å². The normalized spacial score (nSPS) is 11.9. The molecule has 0 radical (unpaired) electrons. The van der Waals surface area contributed by atoms with Crippen molar-refractivity contribution < 1.29 is 14.3 Å². The predicted molar refractivity (Wildman–Crippen MR) is 100 cm³/mol. The molecule has 1 atom stereocenters. The van der Waals surface area contributed by atoms with Gasteiger partial charge >= 0.3 is 5.97 Å². The maximum absolute atomic E-state index is 12.3. The summed E-state index contributed by atoms with van der Waals surface area (Å²) in [6.45, 7) is 7.19. The Kier molecular flexibility index (Phi) is 6.47. The number of carbonyl (C=O) groups excluding carboxylic acids is 2. The van der Waals surface area contributed by atoms with Crippen molar-refractivity contribution in [2.75, 3.05) is 0 Å². The molecule has 128 valence electrons. The van der Waals surface area contributed by atoms with E-state index in [9.17, 15) is 9.59 Å². The van der Waals surface area contributed by atoms with Crippen LogP contribution < -0.4 is 0 Å². The SMILES string of the molecule is C=C(C)C(=O)OC(CC)c1ccccc1C=CC(=O)c1ccccc1. The third-order valence-electron chi connectivity index (χ3n) is 3.78. The Morgan fingerprint density at radius 3 is 2.36 bits per heavy atom. The predicted octanol–water partition coefficient (Wildman–Crippen LogP) is 5.15. The molecule has 0 aliphatic rings. The lowest BCUT2D eigenvalue weighted by Gasteiger charge is -2.18. The van der Waals surface area contributed by atoms with Crippen molar-refractivity contribution in [3.05, 3.63) is 89.5 Å². The molecule has 2 aromatic rings. The highest BCUT2D eigenvalue weighted by molar-refractivity contribution is 6.06. The van der Waals surface area contributed by atoms with Crippen LogP contribution in [0, 0.1) is 0 Å². The maximum Gasteiger partial charge on any atom is 0.333 e. The first kappa shape index (κ1) is 18.4. The summed E-state index contributed by atoms with van der Waals surface area (Å²) in [7, 11) is 0. The van der Waals surface area contributed by atoms with Gasteiger partial charge in [-0.15, -0.1) is 0 Å². The quantitative estimate of drug-likeness (QED) is 0.399. The molecular formula is C22H22O3. The smallest absolute Gasteiger partial charge is 0.333 e. The second-order valence-electron chi connectivity index (χ2n) is 5.78. The molecule has 0 spiro atoms. The van der Waals surface area contributed by atoms with Gasteiger partial charge in [0.1, 0.15) is 6.10 Å². The Balaban J connectivity index is 2.25. The second-order valence-corrected chi connectivity index (χ2v) is 5.78. The van der Waals surface area contributed by atoms with E-state index in [0.717, 1.165) is 11.1 Å². The van der Waals surface area contributed by atoms with Crippen LogP contribution in [0.4, 0.5) is 0 Å². The van der Waals surface area contributed by atoms with Crippen molar-refractivity contribution in [1.82, 2.24) is 0 Å². The molecule has 0 aliphatic heterocycles. The summed E-state index contributed by atoms with van der Waals surface area (Å²) in [4.78, 5) is 24.1. The van der Waals surface area contributed by atoms with E-state index in [1.165, 1.54) is 0 Å². The fourth-order valence-electron chi connectivity index (χ4n) is 2.42. The first-order valence-corrected chi connectivity index (χ1v) is 8.25. The van der Waals surface area contributed by atoms with E-state index in [-0.39, 0.29) is 11.9 Å². The first-order valence-electron chi connectivity index (χ1n) is 8.25. The highest BCUT2D eigenvalue weighted by atomic mass is 16.5. The molecule has 0 N–H and O–H groups in total. The molecule has 0 saturated heterocycles. The van der Waals surface area contributed by atoms with Crippen molar-refractivity contribution in [3.8, 4) is 0 Å². The maximum atomic E-state index is 12.3. The molecule has 0 bridgehead atoms. The number of rotatable bonds is 7. The summed E-state index contributed by atoms with van der Waals surface area (Å²) in [6, 6.07) is 16.7. The van der Waals surface area contributed by atoms with Crippen LogP contribution in [-0.2, 0) is 9.53 Å². The van der Waals surface area contributed by atoms with Crippen LogP contribution in [0.25, 0.3) is 6.08 Å². The average Bonchev–Trinajstić information content (AvgIpc) is 2.64. The van der Waals surface area contributed by atoms with Crippen LogP contribution in [0.15, 0.2) is 72.8 Å². The lowest BCUT2D eigenvalue weighted by Crippen LogP contribution is -2.12. The zero-order chi connectivity index (χ0) is 18.2. The second kappa shape index (κ2) is 8.78. The van der Waals surface area contributed by atoms with Gasteiger partial charge in [-0.2, -0.15) is 0 Å². The molecule has 2 aromatic carbocycles. The van der Waals surface area contributed by atoms with Crippen LogP contribution in [-0.4, -0.2) is 11.8 Å². The number of carbonyl (C=O) groups is 2. The number of hydrogen-bond acceptors (Lipinski definition) is 3. The summed E-state index contributed by atoms with van der Waals surface area (Å²) >= 11 is 0. The number of benzene rings is 2. The fraction of sp³-hybridized carbons (Fsp3) is 0.182. The molecule has 0 aliphatic carbocycles. The minimum absolute atomic E-state index is 0.0672. The van der Waals surface area contributed by atoms with E-state index < -0.39 is 5.97 Å². The summed E-state index contributed by atoms with van der Waals surface area (Å²) < 4.78 is 5.52. The van der Waals surface area contributed by atoms with Gasteiger partial charge in [-0.1, -0.05) is 74.2 Å². The number of esters is 1. The summed E-state index contributed by atoms with van der Waals surface area (Å²) in [5.41, 5.74) is 2.73. The molecule has 0 saturated carbocycles. The van der Waals surface area contributed by atoms with Crippen LogP contribution in [0.5, 0.6) is 0 Å². The number of hydrogen-bond donors (Lipinski definition) is 0. The zero-order valence-electron chi connectivity index (χ0n) is 14.6. The highest BCUT2D eigenvalue weighted by Gasteiger charge is 2.17. The Hall–Kier alpha value is -2.94. The van der Waals surface area contributed by atoms with Gasteiger partial charge in [0.2, 0.25) is 0 Å². The first-order chi connectivity index (χ1) is 12.0. The van der Waals surface area contributed by atoms with Crippen molar-refractivity contribution in [2.24, 2.45) is 0 Å². The number of allylic oxidation sites excluding steroid dienone is 1. The molecular weight excluding hydrogens is 312 g/mol. The summed E-state index contributed by atoms with van der Waals surface area (Å²) in [6.07, 6.45) is 3.57. The van der Waals surface area contributed by atoms with E-state index >= 15 is 0 Å². The van der Waals surface area contributed by atoms with Crippen LogP contribution in [0.3, 0.4) is 0 Å². The van der Waals surface area contributed by atoms with E-state index in [2.05, 4.69) is 6.58 Å². The van der Waals surface area contributed by atoms with Gasteiger partial charge in [-0.25, -0.2) is 4.79 Å². The lowest BCUT2D eigenvalue weighted by atomic mass is 9.99. The van der Waals surface area contributed by atoms with Gasteiger partial charge in [0, 0.05) is 11.1 Å². The van der Waals surface area contributed by atoms with Crippen molar-refractivity contribution in [2.45, 2.75) is 26.4 Å². The lowest BCUT2D eigenvalue weighted by molar-refractivity contribution is -0.144. The topological polar surface area (TPSA) is 43.4 Å². The van der Waals surface area contributed by atoms with E-state index in [0.29, 0.717) is 17.6 Å². The molecule has 25 heavy (non-hydrogen) atoms. The minimum Gasteiger partial charge on any atom is -0.454 e. The van der Waals surface area contributed by atoms with Crippen molar-refractivity contribution in [1.29, 1.82) is 0 Å². The van der Waals surface area contributed by atoms with Crippen LogP contribution in [0.2, 0.25) is 0 Å². The molecule has 0 amide bonds. The molecule has 1 unspecified atom stereocenters. The van der Waals surface area contributed by atoms with Gasteiger partial charge in [0.15, 0.2) is 5.78 Å². The van der Waals surface area contributed by atoms with E-state index in [4.69, 9.17) is 4.74 Å². The van der Waals surface area contributed by atoms with Gasteiger partial charge in [0.25, 0.3) is 0 Å². The summed E-state index contributed by atoms with van der Waals surface area (Å²) in [5, 5.41) is 0. The third-order valence-corrected chi connectivity index (χ3v) is 3.78. The molecule has 0 heterocycles. The third kappa shape index (κ3) is 5.01. The standard InChI is InChI=1S/C22H22O3/c1-4-21(25-22(24)16(2)3)19-13-9-8-10-17(19)14-15-20(23)18-11-6-5-7-12-18/h5-15,21H,2,4H2,1,3H3. The summed E-state index contributed by atoms with van der Waals surface area (Å²) in [5.74, 6) is -0.478. The van der Waals surface area contributed by atoms with Gasteiger partial charge < -0.3 is 4.74 Å². The Morgan fingerprint density at radius 1 is 1.08 bits per heavy atom. The van der Waals surface area contributed by atoms with Crippen molar-refractivity contribution >= 4 is 17.8 Å². The molecule has 3 nitrogen and oxygen atoms in total. The largest absolute Gasteiger partial charge is 0.454 e. The molecule has 3 heteroatoms.